The van der Waals surface area contributed by atoms with Crippen molar-refractivity contribution in [2.75, 3.05) is 11.6 Å². The Hall–Kier alpha value is -1.36. The summed E-state index contributed by atoms with van der Waals surface area (Å²) in [5, 5.41) is 4.44. The molecule has 0 aliphatic rings. The highest BCUT2D eigenvalue weighted by Gasteiger charge is 2.27. The molecule has 0 saturated heterocycles. The van der Waals surface area contributed by atoms with Crippen LogP contribution in [0.2, 0.25) is 0 Å². The number of hydrogen-bond acceptors (Lipinski definition) is 4. The third-order valence-corrected chi connectivity index (χ3v) is 4.37. The molecule has 2 N–H and O–H groups in total. The van der Waals surface area contributed by atoms with Crippen molar-refractivity contribution in [3.05, 3.63) is 27.8 Å². The van der Waals surface area contributed by atoms with Crippen LogP contribution >= 0.6 is 22.6 Å². The van der Waals surface area contributed by atoms with Crippen molar-refractivity contribution >= 4 is 50.4 Å². The van der Waals surface area contributed by atoms with Gasteiger partial charge in [-0.3, -0.25) is 5.32 Å². The van der Waals surface area contributed by atoms with Crippen LogP contribution in [0.3, 0.4) is 0 Å². The van der Waals surface area contributed by atoms with E-state index in [1.54, 1.807) is 24.3 Å². The van der Waals surface area contributed by atoms with E-state index in [-0.39, 0.29) is 0 Å². The number of rotatable bonds is 3. The average molecular weight is 425 g/mol. The predicted octanol–water partition coefficient (Wildman–Crippen LogP) is 2.20. The van der Waals surface area contributed by atoms with Crippen molar-refractivity contribution < 1.29 is 18.0 Å². The zero-order chi connectivity index (χ0) is 16.2. The lowest BCUT2D eigenvalue weighted by Crippen LogP contribution is -2.49. The summed E-state index contributed by atoms with van der Waals surface area (Å²) in [7, 11) is -3.75. The van der Waals surface area contributed by atoms with Gasteiger partial charge >= 0.3 is 12.1 Å². The fraction of sp³-hybridized carbons (Fsp3) is 0.333. The Morgan fingerprint density at radius 1 is 1.19 bits per heavy atom. The van der Waals surface area contributed by atoms with Crippen LogP contribution < -0.4 is 10.6 Å². The minimum absolute atomic E-state index is 0.496. The summed E-state index contributed by atoms with van der Waals surface area (Å²) in [6.45, 7) is 3.08. The number of carbonyl (C=O) groups excluding carboxylic acids is 2. The Labute approximate surface area is 137 Å². The molecule has 0 aromatic heterocycles. The van der Waals surface area contributed by atoms with Gasteiger partial charge in [-0.05, 0) is 60.7 Å². The summed E-state index contributed by atoms with van der Waals surface area (Å²) < 4.78 is 24.7. The van der Waals surface area contributed by atoms with Gasteiger partial charge in [-0.15, -0.1) is 0 Å². The molecule has 21 heavy (non-hydrogen) atoms. The second-order valence-corrected chi connectivity index (χ2v) is 7.65. The molecule has 4 amide bonds. The zero-order valence-electron chi connectivity index (χ0n) is 11.8. The molecule has 0 saturated carbocycles. The largest absolute Gasteiger partial charge is 0.339 e. The van der Waals surface area contributed by atoms with Gasteiger partial charge in [-0.1, -0.05) is 0 Å². The topological polar surface area (TPSA) is 95.6 Å². The van der Waals surface area contributed by atoms with Crippen LogP contribution in [0.1, 0.15) is 13.8 Å². The quantitative estimate of drug-likeness (QED) is 0.726. The molecule has 0 fully saturated rings. The third-order valence-electron chi connectivity index (χ3n) is 2.35. The summed E-state index contributed by atoms with van der Waals surface area (Å²) in [5.41, 5.74) is 0.496. The van der Waals surface area contributed by atoms with Crippen molar-refractivity contribution in [1.82, 2.24) is 9.62 Å². The van der Waals surface area contributed by atoms with Gasteiger partial charge in [0.15, 0.2) is 0 Å². The summed E-state index contributed by atoms with van der Waals surface area (Å²) >= 11 is 2.12. The van der Waals surface area contributed by atoms with E-state index >= 15 is 0 Å². The van der Waals surface area contributed by atoms with Crippen molar-refractivity contribution in [3.63, 3.8) is 0 Å². The molecule has 0 aliphatic carbocycles. The molecule has 1 aromatic carbocycles. The lowest BCUT2D eigenvalue weighted by Gasteiger charge is -2.23. The molecule has 0 heterocycles. The SMILES string of the molecule is CC(C)N(C(=O)NC(=O)Nc1ccc(I)cc1)S(C)(=O)=O. The molecule has 0 atom stereocenters. The highest BCUT2D eigenvalue weighted by atomic mass is 127. The molecule has 0 spiro atoms. The van der Waals surface area contributed by atoms with Crippen LogP contribution in [-0.2, 0) is 10.0 Å². The summed E-state index contributed by atoms with van der Waals surface area (Å²) in [6, 6.07) is 4.53. The number of benzene rings is 1. The maximum Gasteiger partial charge on any atom is 0.339 e. The van der Waals surface area contributed by atoms with Crippen LogP contribution in [0.5, 0.6) is 0 Å². The monoisotopic (exact) mass is 425 g/mol. The van der Waals surface area contributed by atoms with E-state index in [0.717, 1.165) is 9.83 Å². The first-order valence-corrected chi connectivity index (χ1v) is 8.91. The number of urea groups is 2. The van der Waals surface area contributed by atoms with Crippen molar-refractivity contribution in [3.8, 4) is 0 Å². The van der Waals surface area contributed by atoms with Gasteiger partial charge in [0.05, 0.1) is 6.26 Å². The van der Waals surface area contributed by atoms with E-state index in [1.807, 2.05) is 5.32 Å². The van der Waals surface area contributed by atoms with Crippen LogP contribution in [0.4, 0.5) is 15.3 Å². The van der Waals surface area contributed by atoms with Gasteiger partial charge in [0, 0.05) is 15.3 Å². The van der Waals surface area contributed by atoms with E-state index < -0.39 is 28.1 Å². The van der Waals surface area contributed by atoms with Crippen LogP contribution in [0, 0.1) is 3.57 Å². The maximum absolute atomic E-state index is 11.9. The molecule has 116 valence electrons. The van der Waals surface area contributed by atoms with Crippen molar-refractivity contribution in [1.29, 1.82) is 0 Å². The molecule has 9 heteroatoms. The fourth-order valence-corrected chi connectivity index (χ4v) is 3.09. The van der Waals surface area contributed by atoms with Crippen LogP contribution in [-0.4, -0.2) is 37.1 Å². The lowest BCUT2D eigenvalue weighted by molar-refractivity contribution is 0.213. The van der Waals surface area contributed by atoms with Crippen molar-refractivity contribution in [2.24, 2.45) is 0 Å². The molecule has 0 unspecified atom stereocenters. The van der Waals surface area contributed by atoms with E-state index in [4.69, 9.17) is 0 Å². The summed E-state index contributed by atoms with van der Waals surface area (Å²) in [4.78, 5) is 23.6. The number of sulfonamides is 1. The van der Waals surface area contributed by atoms with Crippen molar-refractivity contribution in [2.45, 2.75) is 19.9 Å². The van der Waals surface area contributed by atoms with Gasteiger partial charge in [0.1, 0.15) is 0 Å². The van der Waals surface area contributed by atoms with Gasteiger partial charge in [0.2, 0.25) is 10.0 Å². The second-order valence-electron chi connectivity index (χ2n) is 4.54. The van der Waals surface area contributed by atoms with E-state index in [1.165, 1.54) is 13.8 Å². The number of imide groups is 1. The normalized spacial score (nSPS) is 11.1. The molecule has 0 aliphatic heterocycles. The summed E-state index contributed by atoms with van der Waals surface area (Å²) in [6.07, 6.45) is 0.906. The molecule has 0 radical (unpaired) electrons. The van der Waals surface area contributed by atoms with E-state index in [9.17, 15) is 18.0 Å². The molecular formula is C12H16IN3O4S. The first kappa shape index (κ1) is 17.7. The number of amides is 4. The summed E-state index contributed by atoms with van der Waals surface area (Å²) in [5.74, 6) is 0. The van der Waals surface area contributed by atoms with Gasteiger partial charge in [0.25, 0.3) is 0 Å². The van der Waals surface area contributed by atoms with E-state index in [0.29, 0.717) is 9.99 Å². The molecule has 1 rings (SSSR count). The smallest absolute Gasteiger partial charge is 0.308 e. The Morgan fingerprint density at radius 2 is 1.71 bits per heavy atom. The standard InChI is InChI=1S/C12H16IN3O4S/c1-8(2)16(21(3,19)20)12(18)15-11(17)14-10-6-4-9(13)5-7-10/h4-8H,1-3H3,(H2,14,15,17,18). The van der Waals surface area contributed by atoms with Gasteiger partial charge in [-0.25, -0.2) is 22.3 Å². The highest BCUT2D eigenvalue weighted by Crippen LogP contribution is 2.11. The molecule has 1 aromatic rings. The fourth-order valence-electron chi connectivity index (χ4n) is 1.62. The van der Waals surface area contributed by atoms with Crippen LogP contribution in [0.25, 0.3) is 0 Å². The Kier molecular flexibility index (Phi) is 5.96. The Balaban J connectivity index is 2.73. The maximum atomic E-state index is 11.9. The van der Waals surface area contributed by atoms with Gasteiger partial charge < -0.3 is 5.32 Å². The number of carbonyl (C=O) groups is 2. The first-order chi connectivity index (χ1) is 9.61. The lowest BCUT2D eigenvalue weighted by atomic mass is 10.3. The third kappa shape index (κ3) is 5.50. The van der Waals surface area contributed by atoms with Gasteiger partial charge in [-0.2, -0.15) is 0 Å². The molecular weight excluding hydrogens is 409 g/mol. The average Bonchev–Trinajstić information content (AvgIpc) is 2.29. The molecule has 7 nitrogen and oxygen atoms in total. The second kappa shape index (κ2) is 7.07. The predicted molar refractivity (Wildman–Crippen MR) is 88.5 cm³/mol. The highest BCUT2D eigenvalue weighted by molar-refractivity contribution is 14.1. The number of nitrogens with zero attached hydrogens (tertiary/aromatic N) is 1. The van der Waals surface area contributed by atoms with E-state index in [2.05, 4.69) is 27.9 Å². The minimum atomic E-state index is -3.75. The first-order valence-electron chi connectivity index (χ1n) is 5.98. The molecule has 0 bridgehead atoms. The zero-order valence-corrected chi connectivity index (χ0v) is 14.7. The number of hydrogen-bond donors (Lipinski definition) is 2. The Bertz CT molecular complexity index is 628. The number of anilines is 1. The van der Waals surface area contributed by atoms with Crippen LogP contribution in [0.15, 0.2) is 24.3 Å². The minimum Gasteiger partial charge on any atom is -0.308 e. The number of nitrogens with one attached hydrogen (secondary N) is 2. The Morgan fingerprint density at radius 3 is 2.14 bits per heavy atom. The number of halogens is 1.